The Labute approximate surface area is 105 Å². The Morgan fingerprint density at radius 3 is 2.94 bits per heavy atom. The van der Waals surface area contributed by atoms with Crippen molar-refractivity contribution in [2.45, 2.75) is 18.9 Å². The van der Waals surface area contributed by atoms with Crippen molar-refractivity contribution in [2.75, 3.05) is 11.9 Å². The second-order valence-corrected chi connectivity index (χ2v) is 4.42. The monoisotopic (exact) mass is 250 g/mol. The van der Waals surface area contributed by atoms with E-state index in [1.54, 1.807) is 6.20 Å². The van der Waals surface area contributed by atoms with Gasteiger partial charge in [-0.3, -0.25) is 4.79 Å². The lowest BCUT2D eigenvalue weighted by Crippen LogP contribution is -2.42. The van der Waals surface area contributed by atoms with Crippen LogP contribution in [0.15, 0.2) is 18.3 Å². The van der Waals surface area contributed by atoms with E-state index in [9.17, 15) is 4.79 Å². The van der Waals surface area contributed by atoms with Gasteiger partial charge >= 0.3 is 0 Å². The predicted octanol–water partition coefficient (Wildman–Crippen LogP) is 0.406. The van der Waals surface area contributed by atoms with Crippen LogP contribution in [0.2, 0.25) is 0 Å². The number of thiocarbonyl (C=S) groups is 1. The molecule has 1 fully saturated rings. The van der Waals surface area contributed by atoms with Crippen LogP contribution in [-0.4, -0.2) is 28.5 Å². The number of anilines is 1. The van der Waals surface area contributed by atoms with Gasteiger partial charge in [-0.2, -0.15) is 0 Å². The molecule has 90 valence electrons. The summed E-state index contributed by atoms with van der Waals surface area (Å²) in [7, 11) is 0. The molecular formula is C11H14N4OS. The lowest BCUT2D eigenvalue weighted by Gasteiger charge is -2.23. The molecule has 2 rings (SSSR count). The average Bonchev–Trinajstić information content (AvgIpc) is 2.33. The lowest BCUT2D eigenvalue weighted by molar-refractivity contribution is -0.122. The molecule has 0 spiro atoms. The Bertz CT molecular complexity index is 422. The molecule has 1 aromatic rings. The maximum atomic E-state index is 11.0. The van der Waals surface area contributed by atoms with E-state index in [0.717, 1.165) is 17.8 Å². The third-order valence-electron chi connectivity index (χ3n) is 2.67. The number of piperidine rings is 1. The van der Waals surface area contributed by atoms with Crippen molar-refractivity contribution in [3.8, 4) is 0 Å². The first-order chi connectivity index (χ1) is 8.15. The van der Waals surface area contributed by atoms with Crippen molar-refractivity contribution in [1.29, 1.82) is 0 Å². The van der Waals surface area contributed by atoms with E-state index in [2.05, 4.69) is 15.6 Å². The number of carbonyl (C=O) groups excluding carboxylic acids is 1. The third-order valence-corrected chi connectivity index (χ3v) is 2.90. The van der Waals surface area contributed by atoms with Crippen LogP contribution in [-0.2, 0) is 4.79 Å². The fraction of sp³-hybridized carbons (Fsp3) is 0.364. The van der Waals surface area contributed by atoms with Crippen LogP contribution in [0, 0.1) is 0 Å². The number of rotatable bonds is 3. The van der Waals surface area contributed by atoms with Gasteiger partial charge in [0.05, 0.1) is 0 Å². The van der Waals surface area contributed by atoms with Gasteiger partial charge in [0.2, 0.25) is 5.91 Å². The van der Waals surface area contributed by atoms with Crippen molar-refractivity contribution in [3.05, 3.63) is 23.9 Å². The fourth-order valence-electron chi connectivity index (χ4n) is 1.69. The molecule has 0 bridgehead atoms. The molecule has 1 aromatic heterocycles. The van der Waals surface area contributed by atoms with E-state index >= 15 is 0 Å². The minimum Gasteiger partial charge on any atom is -0.389 e. The first-order valence-electron chi connectivity index (χ1n) is 5.44. The average molecular weight is 250 g/mol. The number of nitrogens with one attached hydrogen (secondary N) is 2. The van der Waals surface area contributed by atoms with Crippen LogP contribution in [0.25, 0.3) is 0 Å². The number of pyridine rings is 1. The summed E-state index contributed by atoms with van der Waals surface area (Å²) in [4.78, 5) is 15.6. The van der Waals surface area contributed by atoms with E-state index in [1.165, 1.54) is 0 Å². The van der Waals surface area contributed by atoms with Gasteiger partial charge in [-0.05, 0) is 18.6 Å². The van der Waals surface area contributed by atoms with Gasteiger partial charge in [-0.1, -0.05) is 12.2 Å². The molecule has 1 aliphatic heterocycles. The van der Waals surface area contributed by atoms with Crippen LogP contribution in [0.4, 0.5) is 5.82 Å². The minimum absolute atomic E-state index is 0.111. The summed E-state index contributed by atoms with van der Waals surface area (Å²) in [6, 6.07) is 3.90. The number of carbonyl (C=O) groups is 1. The highest BCUT2D eigenvalue weighted by molar-refractivity contribution is 7.80. The summed E-state index contributed by atoms with van der Waals surface area (Å²) in [5, 5.41) is 6.07. The zero-order valence-electron chi connectivity index (χ0n) is 9.27. The Morgan fingerprint density at radius 2 is 2.41 bits per heavy atom. The van der Waals surface area contributed by atoms with Crippen LogP contribution < -0.4 is 16.4 Å². The molecule has 6 heteroatoms. The van der Waals surface area contributed by atoms with Crippen molar-refractivity contribution < 1.29 is 4.79 Å². The van der Waals surface area contributed by atoms with Gasteiger partial charge in [-0.25, -0.2) is 4.98 Å². The zero-order chi connectivity index (χ0) is 12.3. The van der Waals surface area contributed by atoms with Crippen molar-refractivity contribution in [3.63, 3.8) is 0 Å². The molecular weight excluding hydrogens is 236 g/mol. The number of amides is 1. The summed E-state index contributed by atoms with van der Waals surface area (Å²) >= 11 is 4.85. The molecule has 1 amide bonds. The summed E-state index contributed by atoms with van der Waals surface area (Å²) in [5.74, 6) is 0.881. The quantitative estimate of drug-likeness (QED) is 0.677. The van der Waals surface area contributed by atoms with E-state index in [0.29, 0.717) is 18.0 Å². The number of nitrogens with two attached hydrogens (primary N) is 1. The maximum Gasteiger partial charge on any atom is 0.220 e. The molecule has 0 radical (unpaired) electrons. The van der Waals surface area contributed by atoms with Crippen molar-refractivity contribution >= 4 is 28.9 Å². The van der Waals surface area contributed by atoms with Gasteiger partial charge in [-0.15, -0.1) is 0 Å². The van der Waals surface area contributed by atoms with Gasteiger partial charge in [0, 0.05) is 30.8 Å². The first kappa shape index (κ1) is 11.8. The van der Waals surface area contributed by atoms with Crippen LogP contribution in [0.5, 0.6) is 0 Å². The van der Waals surface area contributed by atoms with Gasteiger partial charge < -0.3 is 16.4 Å². The van der Waals surface area contributed by atoms with E-state index < -0.39 is 0 Å². The van der Waals surface area contributed by atoms with Gasteiger partial charge in [0.15, 0.2) is 0 Å². The molecule has 0 aromatic carbocycles. The van der Waals surface area contributed by atoms with Crippen LogP contribution >= 0.6 is 12.2 Å². The van der Waals surface area contributed by atoms with E-state index in [1.807, 2.05) is 12.1 Å². The molecule has 1 aliphatic rings. The fourth-order valence-corrected chi connectivity index (χ4v) is 1.81. The van der Waals surface area contributed by atoms with Gasteiger partial charge in [0.25, 0.3) is 0 Å². The summed E-state index contributed by atoms with van der Waals surface area (Å²) in [5.41, 5.74) is 6.24. The van der Waals surface area contributed by atoms with Crippen molar-refractivity contribution in [1.82, 2.24) is 10.3 Å². The largest absolute Gasteiger partial charge is 0.389 e. The molecule has 1 saturated heterocycles. The Kier molecular flexibility index (Phi) is 3.53. The Balaban J connectivity index is 1.95. The lowest BCUT2D eigenvalue weighted by atomic mass is 10.1. The van der Waals surface area contributed by atoms with Crippen LogP contribution in [0.1, 0.15) is 18.4 Å². The first-order valence-corrected chi connectivity index (χ1v) is 5.85. The number of aromatic nitrogens is 1. The number of hydrogen-bond acceptors (Lipinski definition) is 4. The summed E-state index contributed by atoms with van der Waals surface area (Å²) in [6.07, 6.45) is 3.03. The van der Waals surface area contributed by atoms with E-state index in [-0.39, 0.29) is 11.9 Å². The molecule has 0 aliphatic carbocycles. The minimum atomic E-state index is 0.111. The maximum absolute atomic E-state index is 11.0. The second kappa shape index (κ2) is 5.09. The van der Waals surface area contributed by atoms with Gasteiger partial charge in [0.1, 0.15) is 10.8 Å². The Hall–Kier alpha value is -1.69. The van der Waals surface area contributed by atoms with E-state index in [4.69, 9.17) is 18.0 Å². The molecule has 1 unspecified atom stereocenters. The third kappa shape index (κ3) is 3.13. The summed E-state index contributed by atoms with van der Waals surface area (Å²) < 4.78 is 0. The highest BCUT2D eigenvalue weighted by atomic mass is 32.1. The SMILES string of the molecule is NC(=S)c1ccc(NC2CCC(=O)NC2)nc1. The second-order valence-electron chi connectivity index (χ2n) is 3.98. The molecule has 4 N–H and O–H groups in total. The number of nitrogens with zero attached hydrogens (tertiary/aromatic N) is 1. The summed E-state index contributed by atoms with van der Waals surface area (Å²) in [6.45, 7) is 0.636. The standard InChI is InChI=1S/C11H14N4OS/c12-11(17)7-1-3-9(13-5-7)15-8-2-4-10(16)14-6-8/h1,3,5,8H,2,4,6H2,(H2,12,17)(H,13,15)(H,14,16). The highest BCUT2D eigenvalue weighted by Gasteiger charge is 2.17. The topological polar surface area (TPSA) is 80.0 Å². The smallest absolute Gasteiger partial charge is 0.220 e. The molecule has 0 saturated carbocycles. The Morgan fingerprint density at radius 1 is 1.59 bits per heavy atom. The van der Waals surface area contributed by atoms with Crippen LogP contribution in [0.3, 0.4) is 0 Å². The van der Waals surface area contributed by atoms with Crippen molar-refractivity contribution in [2.24, 2.45) is 5.73 Å². The normalized spacial score (nSPS) is 19.5. The molecule has 2 heterocycles. The molecule has 1 atom stereocenters. The zero-order valence-corrected chi connectivity index (χ0v) is 10.1. The number of hydrogen-bond donors (Lipinski definition) is 3. The molecule has 5 nitrogen and oxygen atoms in total. The highest BCUT2D eigenvalue weighted by Crippen LogP contribution is 2.11. The molecule has 17 heavy (non-hydrogen) atoms. The predicted molar refractivity (Wildman–Crippen MR) is 69.8 cm³/mol.